The SMILES string of the molecule is CC1CCCCN1C(=O)C1CCN(c2ncc(C(F)(F)F)cc2Cl)CC1. The van der Waals surface area contributed by atoms with Crippen molar-refractivity contribution in [2.45, 2.75) is 51.2 Å². The highest BCUT2D eigenvalue weighted by Gasteiger charge is 2.34. The third kappa shape index (κ3) is 4.08. The minimum atomic E-state index is -4.46. The highest BCUT2D eigenvalue weighted by molar-refractivity contribution is 6.33. The second-order valence-electron chi connectivity index (χ2n) is 7.16. The van der Waals surface area contributed by atoms with Crippen LogP contribution >= 0.6 is 11.6 Å². The molecule has 0 bridgehead atoms. The normalized spacial score (nSPS) is 22.6. The number of likely N-dealkylation sites (tertiary alicyclic amines) is 1. The minimum absolute atomic E-state index is 0.00532. The molecule has 2 aliphatic heterocycles. The summed E-state index contributed by atoms with van der Waals surface area (Å²) in [7, 11) is 0. The van der Waals surface area contributed by atoms with Gasteiger partial charge in [0.2, 0.25) is 5.91 Å². The van der Waals surface area contributed by atoms with Crippen LogP contribution in [0.2, 0.25) is 5.02 Å². The first-order chi connectivity index (χ1) is 12.3. The van der Waals surface area contributed by atoms with Gasteiger partial charge in [-0.05, 0) is 45.1 Å². The van der Waals surface area contributed by atoms with Crippen molar-refractivity contribution in [2.24, 2.45) is 5.92 Å². The maximum Gasteiger partial charge on any atom is 0.417 e. The molecule has 26 heavy (non-hydrogen) atoms. The summed E-state index contributed by atoms with van der Waals surface area (Å²) in [6.45, 7) is 4.05. The Labute approximate surface area is 156 Å². The van der Waals surface area contributed by atoms with Gasteiger partial charge in [0.1, 0.15) is 5.82 Å². The van der Waals surface area contributed by atoms with Crippen molar-refractivity contribution in [3.05, 3.63) is 22.8 Å². The standard InChI is InChI=1S/C18H23ClF3N3O/c1-12-4-2-3-7-25(12)17(26)13-5-8-24(9-6-13)16-15(19)10-14(11-23-16)18(20,21)22/h10-13H,2-9H2,1H3. The van der Waals surface area contributed by atoms with Gasteiger partial charge in [-0.3, -0.25) is 4.79 Å². The van der Waals surface area contributed by atoms with Gasteiger partial charge < -0.3 is 9.80 Å². The topological polar surface area (TPSA) is 36.4 Å². The van der Waals surface area contributed by atoms with Crippen molar-refractivity contribution in [1.82, 2.24) is 9.88 Å². The van der Waals surface area contributed by atoms with Crippen LogP contribution in [-0.4, -0.2) is 41.5 Å². The van der Waals surface area contributed by atoms with Crippen molar-refractivity contribution >= 4 is 23.3 Å². The van der Waals surface area contributed by atoms with Crippen LogP contribution in [0.25, 0.3) is 0 Å². The predicted octanol–water partition coefficient (Wildman–Crippen LogP) is 4.37. The highest BCUT2D eigenvalue weighted by Crippen LogP contribution is 2.35. The first-order valence-electron chi connectivity index (χ1n) is 9.05. The number of hydrogen-bond donors (Lipinski definition) is 0. The molecule has 0 spiro atoms. The second-order valence-corrected chi connectivity index (χ2v) is 7.57. The summed E-state index contributed by atoms with van der Waals surface area (Å²) >= 11 is 6.03. The fraction of sp³-hybridized carbons (Fsp3) is 0.667. The molecule has 8 heteroatoms. The zero-order valence-corrected chi connectivity index (χ0v) is 15.5. The summed E-state index contributed by atoms with van der Waals surface area (Å²) in [5.41, 5.74) is -0.851. The molecule has 2 saturated heterocycles. The van der Waals surface area contributed by atoms with Crippen LogP contribution in [0.15, 0.2) is 12.3 Å². The van der Waals surface area contributed by atoms with E-state index in [-0.39, 0.29) is 16.8 Å². The van der Waals surface area contributed by atoms with Crippen molar-refractivity contribution in [3.63, 3.8) is 0 Å². The van der Waals surface area contributed by atoms with Gasteiger partial charge in [0.05, 0.1) is 10.6 Å². The number of nitrogens with zero attached hydrogens (tertiary/aromatic N) is 3. The van der Waals surface area contributed by atoms with Crippen LogP contribution in [0.4, 0.5) is 19.0 Å². The number of alkyl halides is 3. The van der Waals surface area contributed by atoms with E-state index in [0.29, 0.717) is 37.8 Å². The minimum Gasteiger partial charge on any atom is -0.355 e. The van der Waals surface area contributed by atoms with E-state index < -0.39 is 11.7 Å². The summed E-state index contributed by atoms with van der Waals surface area (Å²) in [5.74, 6) is 0.542. The van der Waals surface area contributed by atoms with Crippen molar-refractivity contribution in [2.75, 3.05) is 24.5 Å². The van der Waals surface area contributed by atoms with E-state index in [1.807, 2.05) is 9.80 Å². The zero-order valence-electron chi connectivity index (χ0n) is 14.7. The number of halogens is 4. The van der Waals surface area contributed by atoms with E-state index >= 15 is 0 Å². The Morgan fingerprint density at radius 3 is 2.46 bits per heavy atom. The lowest BCUT2D eigenvalue weighted by Gasteiger charge is -2.39. The Morgan fingerprint density at radius 1 is 1.19 bits per heavy atom. The van der Waals surface area contributed by atoms with Crippen LogP contribution in [0.5, 0.6) is 0 Å². The molecule has 1 unspecified atom stereocenters. The molecule has 0 N–H and O–H groups in total. The van der Waals surface area contributed by atoms with Gasteiger partial charge in [0.25, 0.3) is 0 Å². The van der Waals surface area contributed by atoms with Crippen LogP contribution in [0.1, 0.15) is 44.6 Å². The van der Waals surface area contributed by atoms with Crippen LogP contribution in [0.3, 0.4) is 0 Å². The van der Waals surface area contributed by atoms with Gasteiger partial charge in [-0.1, -0.05) is 11.6 Å². The predicted molar refractivity (Wildman–Crippen MR) is 94.2 cm³/mol. The van der Waals surface area contributed by atoms with E-state index in [2.05, 4.69) is 11.9 Å². The van der Waals surface area contributed by atoms with E-state index in [1.54, 1.807) is 0 Å². The number of carbonyl (C=O) groups excluding carboxylic acids is 1. The van der Waals surface area contributed by atoms with E-state index in [1.165, 1.54) is 6.42 Å². The van der Waals surface area contributed by atoms with Gasteiger partial charge >= 0.3 is 6.18 Å². The Bertz CT molecular complexity index is 660. The van der Waals surface area contributed by atoms with Crippen LogP contribution in [0, 0.1) is 5.92 Å². The monoisotopic (exact) mass is 389 g/mol. The zero-order chi connectivity index (χ0) is 18.9. The summed E-state index contributed by atoms with van der Waals surface area (Å²) in [4.78, 5) is 20.5. The first kappa shape index (κ1) is 19.3. The molecule has 144 valence electrons. The van der Waals surface area contributed by atoms with Gasteiger partial charge in [-0.2, -0.15) is 13.2 Å². The van der Waals surface area contributed by atoms with Crippen molar-refractivity contribution in [3.8, 4) is 0 Å². The Balaban J connectivity index is 1.62. The average Bonchev–Trinajstić information content (AvgIpc) is 2.61. The third-order valence-corrected chi connectivity index (χ3v) is 5.66. The largest absolute Gasteiger partial charge is 0.417 e. The number of hydrogen-bond acceptors (Lipinski definition) is 3. The second kappa shape index (κ2) is 7.62. The number of aromatic nitrogens is 1. The molecule has 3 rings (SSSR count). The summed E-state index contributed by atoms with van der Waals surface area (Å²) in [6.07, 6.45) is 0.965. The number of amides is 1. The Kier molecular flexibility index (Phi) is 5.65. The van der Waals surface area contributed by atoms with Crippen LogP contribution < -0.4 is 4.90 Å². The van der Waals surface area contributed by atoms with E-state index in [4.69, 9.17) is 11.6 Å². The van der Waals surface area contributed by atoms with Crippen molar-refractivity contribution < 1.29 is 18.0 Å². The molecule has 1 aromatic rings. The quantitative estimate of drug-likeness (QED) is 0.753. The number of piperidine rings is 2. The molecule has 1 amide bonds. The van der Waals surface area contributed by atoms with E-state index in [9.17, 15) is 18.0 Å². The van der Waals surface area contributed by atoms with E-state index in [0.717, 1.165) is 31.6 Å². The maximum atomic E-state index is 12.8. The summed E-state index contributed by atoms with van der Waals surface area (Å²) in [5, 5.41) is -0.00532. The van der Waals surface area contributed by atoms with Gasteiger partial charge in [0.15, 0.2) is 0 Å². The van der Waals surface area contributed by atoms with Crippen LogP contribution in [-0.2, 0) is 11.0 Å². The number of anilines is 1. The molecule has 2 aliphatic rings. The molecule has 1 atom stereocenters. The molecule has 0 aromatic carbocycles. The average molecular weight is 390 g/mol. The number of rotatable bonds is 2. The number of carbonyl (C=O) groups is 1. The summed E-state index contributed by atoms with van der Waals surface area (Å²) < 4.78 is 38.2. The molecule has 0 radical (unpaired) electrons. The lowest BCUT2D eigenvalue weighted by atomic mass is 9.93. The van der Waals surface area contributed by atoms with Crippen molar-refractivity contribution in [1.29, 1.82) is 0 Å². The van der Waals surface area contributed by atoms with Gasteiger partial charge in [0, 0.05) is 37.8 Å². The highest BCUT2D eigenvalue weighted by atomic mass is 35.5. The maximum absolute atomic E-state index is 12.8. The number of pyridine rings is 1. The molecule has 3 heterocycles. The molecule has 0 aliphatic carbocycles. The fourth-order valence-electron chi connectivity index (χ4n) is 3.82. The van der Waals surface area contributed by atoms with Gasteiger partial charge in [-0.15, -0.1) is 0 Å². The lowest BCUT2D eigenvalue weighted by molar-refractivity contribution is -0.139. The molecule has 0 saturated carbocycles. The van der Waals surface area contributed by atoms with Gasteiger partial charge in [-0.25, -0.2) is 4.98 Å². The Morgan fingerprint density at radius 2 is 1.88 bits per heavy atom. The summed E-state index contributed by atoms with van der Waals surface area (Å²) in [6, 6.07) is 1.21. The first-order valence-corrected chi connectivity index (χ1v) is 9.43. The fourth-order valence-corrected chi connectivity index (χ4v) is 4.10. The lowest BCUT2D eigenvalue weighted by Crippen LogP contribution is -2.48. The molecular formula is C18H23ClF3N3O. The molecule has 2 fully saturated rings. The third-order valence-electron chi connectivity index (χ3n) is 5.38. The molecular weight excluding hydrogens is 367 g/mol. The smallest absolute Gasteiger partial charge is 0.355 e. The molecule has 1 aromatic heterocycles. The molecule has 4 nitrogen and oxygen atoms in total. The Hall–Kier alpha value is -1.50.